The number of amidine groups is 1. The minimum Gasteiger partial charge on any atom is -0.497 e. The second-order valence-corrected chi connectivity index (χ2v) is 7.59. The van der Waals surface area contributed by atoms with Gasteiger partial charge in [-0.1, -0.05) is 23.9 Å². The molecule has 1 fully saturated rings. The maximum Gasteiger partial charge on any atom is 0.228 e. The molecule has 154 valence electrons. The number of thioether (sulfide) groups is 1. The lowest BCUT2D eigenvalue weighted by Crippen LogP contribution is -2.39. The van der Waals surface area contributed by atoms with Crippen LogP contribution in [-0.4, -0.2) is 49.6 Å². The zero-order chi connectivity index (χ0) is 20.6. The maximum absolute atomic E-state index is 12.9. The van der Waals surface area contributed by atoms with Crippen molar-refractivity contribution in [1.82, 2.24) is 4.90 Å². The van der Waals surface area contributed by atoms with Crippen LogP contribution in [0.1, 0.15) is 18.4 Å². The van der Waals surface area contributed by atoms with Crippen molar-refractivity contribution in [2.45, 2.75) is 19.3 Å². The molecule has 0 radical (unpaired) electrons. The summed E-state index contributed by atoms with van der Waals surface area (Å²) in [6.07, 6.45) is 2.06. The molecule has 2 aromatic carbocycles. The summed E-state index contributed by atoms with van der Waals surface area (Å²) in [6.45, 7) is 0.680. The van der Waals surface area contributed by atoms with Crippen molar-refractivity contribution in [2.24, 2.45) is 4.99 Å². The van der Waals surface area contributed by atoms with E-state index in [1.807, 2.05) is 42.5 Å². The number of hydrogen-bond donors (Lipinski definition) is 0. The summed E-state index contributed by atoms with van der Waals surface area (Å²) >= 11 is 1.60. The van der Waals surface area contributed by atoms with Gasteiger partial charge < -0.3 is 14.2 Å². The van der Waals surface area contributed by atoms with Gasteiger partial charge in [-0.3, -0.25) is 9.69 Å². The Kier molecular flexibility index (Phi) is 7.41. The lowest BCUT2D eigenvalue weighted by molar-refractivity contribution is -0.127. The van der Waals surface area contributed by atoms with Crippen LogP contribution in [-0.2, 0) is 11.2 Å². The Morgan fingerprint density at radius 3 is 2.45 bits per heavy atom. The van der Waals surface area contributed by atoms with Gasteiger partial charge in [-0.25, -0.2) is 4.99 Å². The van der Waals surface area contributed by atoms with Crippen LogP contribution in [0.5, 0.6) is 17.2 Å². The van der Waals surface area contributed by atoms with Gasteiger partial charge in [-0.05, 0) is 42.7 Å². The van der Waals surface area contributed by atoms with Crippen molar-refractivity contribution in [3.63, 3.8) is 0 Å². The predicted octanol–water partition coefficient (Wildman–Crippen LogP) is 4.30. The Morgan fingerprint density at radius 1 is 1.03 bits per heavy atom. The summed E-state index contributed by atoms with van der Waals surface area (Å²) in [5.41, 5.74) is 1.76. The molecule has 3 rings (SSSR count). The fourth-order valence-corrected chi connectivity index (χ4v) is 4.02. The molecule has 7 heteroatoms. The summed E-state index contributed by atoms with van der Waals surface area (Å²) in [5, 5.41) is 0.711. The van der Waals surface area contributed by atoms with E-state index in [1.54, 1.807) is 38.0 Å². The topological polar surface area (TPSA) is 60.4 Å². The van der Waals surface area contributed by atoms with Crippen LogP contribution in [0.25, 0.3) is 0 Å². The quantitative estimate of drug-likeness (QED) is 0.676. The molecule has 29 heavy (non-hydrogen) atoms. The zero-order valence-corrected chi connectivity index (χ0v) is 17.8. The smallest absolute Gasteiger partial charge is 0.228 e. The van der Waals surface area contributed by atoms with Crippen molar-refractivity contribution in [3.05, 3.63) is 48.0 Å². The number of methoxy groups -OCH3 is 3. The highest BCUT2D eigenvalue weighted by Crippen LogP contribution is 2.33. The number of rotatable bonds is 7. The minimum absolute atomic E-state index is 0.0774. The van der Waals surface area contributed by atoms with Crippen LogP contribution in [0.3, 0.4) is 0 Å². The Balaban J connectivity index is 1.74. The first-order valence-corrected chi connectivity index (χ1v) is 10.5. The summed E-state index contributed by atoms with van der Waals surface area (Å²) < 4.78 is 15.9. The third-order valence-electron chi connectivity index (χ3n) is 4.68. The van der Waals surface area contributed by atoms with E-state index in [0.717, 1.165) is 23.5 Å². The van der Waals surface area contributed by atoms with Crippen LogP contribution >= 0.6 is 11.8 Å². The highest BCUT2D eigenvalue weighted by atomic mass is 32.2. The number of carbonyl (C=O) groups excluding carboxylic acids is 1. The molecule has 0 bridgehead atoms. The van der Waals surface area contributed by atoms with Gasteiger partial charge in [0.1, 0.15) is 22.9 Å². The summed E-state index contributed by atoms with van der Waals surface area (Å²) in [7, 11) is 4.87. The average molecular weight is 415 g/mol. The van der Waals surface area contributed by atoms with E-state index in [1.165, 1.54) is 0 Å². The van der Waals surface area contributed by atoms with Gasteiger partial charge in [0.25, 0.3) is 0 Å². The molecule has 1 saturated heterocycles. The van der Waals surface area contributed by atoms with Gasteiger partial charge in [0.05, 0.1) is 21.3 Å². The van der Waals surface area contributed by atoms with Crippen LogP contribution in [0.2, 0.25) is 0 Å². The van der Waals surface area contributed by atoms with Crippen LogP contribution < -0.4 is 14.2 Å². The SMILES string of the molecule is COc1ccc(CCC(=O)N2CCCSC2=Nc2cc(OC)ccc2OC)cc1. The van der Waals surface area contributed by atoms with E-state index < -0.39 is 0 Å². The highest BCUT2D eigenvalue weighted by molar-refractivity contribution is 8.13. The van der Waals surface area contributed by atoms with Gasteiger partial charge in [0, 0.05) is 24.8 Å². The Labute approximate surface area is 175 Å². The van der Waals surface area contributed by atoms with Crippen molar-refractivity contribution in [1.29, 1.82) is 0 Å². The van der Waals surface area contributed by atoms with E-state index in [9.17, 15) is 4.79 Å². The number of ether oxygens (including phenoxy) is 3. The Hall–Kier alpha value is -2.67. The molecule has 1 amide bonds. The number of aliphatic imine (C=N–C) groups is 1. The fourth-order valence-electron chi connectivity index (χ4n) is 3.05. The highest BCUT2D eigenvalue weighted by Gasteiger charge is 2.24. The molecule has 0 atom stereocenters. The number of hydrogen-bond acceptors (Lipinski definition) is 6. The lowest BCUT2D eigenvalue weighted by Gasteiger charge is -2.28. The third-order valence-corrected chi connectivity index (χ3v) is 5.74. The Morgan fingerprint density at radius 2 is 1.76 bits per heavy atom. The van der Waals surface area contributed by atoms with Gasteiger partial charge >= 0.3 is 0 Å². The van der Waals surface area contributed by atoms with Crippen molar-refractivity contribution >= 4 is 28.5 Å². The molecule has 0 saturated carbocycles. The van der Waals surface area contributed by atoms with Crippen LogP contribution in [0.15, 0.2) is 47.5 Å². The van der Waals surface area contributed by atoms with E-state index in [-0.39, 0.29) is 5.91 Å². The van der Waals surface area contributed by atoms with Gasteiger partial charge in [0.15, 0.2) is 5.17 Å². The van der Waals surface area contributed by atoms with Gasteiger partial charge in [-0.2, -0.15) is 0 Å². The monoisotopic (exact) mass is 414 g/mol. The second kappa shape index (κ2) is 10.2. The number of benzene rings is 2. The molecule has 1 aliphatic heterocycles. The molecule has 0 aromatic heterocycles. The van der Waals surface area contributed by atoms with E-state index in [0.29, 0.717) is 41.7 Å². The first kappa shape index (κ1) is 21.0. The molecule has 0 spiro atoms. The first-order chi connectivity index (χ1) is 14.1. The minimum atomic E-state index is 0.0774. The van der Waals surface area contributed by atoms with Crippen molar-refractivity contribution < 1.29 is 19.0 Å². The first-order valence-electron chi connectivity index (χ1n) is 9.51. The number of amides is 1. The lowest BCUT2D eigenvalue weighted by atomic mass is 10.1. The van der Waals surface area contributed by atoms with Gasteiger partial charge in [-0.15, -0.1) is 0 Å². The van der Waals surface area contributed by atoms with Gasteiger partial charge in [0.2, 0.25) is 5.91 Å². The molecule has 1 heterocycles. The van der Waals surface area contributed by atoms with E-state index >= 15 is 0 Å². The second-order valence-electron chi connectivity index (χ2n) is 6.53. The standard InChI is InChI=1S/C22H26N2O4S/c1-26-17-8-5-16(6-9-17)7-12-21(25)24-13-4-14-29-22(24)23-19-15-18(27-2)10-11-20(19)28-3/h5-6,8-11,15H,4,7,12-14H2,1-3H3. The molecule has 0 aliphatic carbocycles. The molecular formula is C22H26N2O4S. The molecule has 1 aliphatic rings. The fraction of sp³-hybridized carbons (Fsp3) is 0.364. The Bertz CT molecular complexity index is 868. The van der Waals surface area contributed by atoms with Crippen LogP contribution in [0, 0.1) is 0 Å². The summed E-state index contributed by atoms with van der Waals surface area (Å²) in [4.78, 5) is 19.5. The molecule has 2 aromatic rings. The summed E-state index contributed by atoms with van der Waals surface area (Å²) in [6, 6.07) is 13.3. The maximum atomic E-state index is 12.9. The van der Waals surface area contributed by atoms with Crippen molar-refractivity contribution in [2.75, 3.05) is 33.6 Å². The number of aryl methyl sites for hydroxylation is 1. The zero-order valence-electron chi connectivity index (χ0n) is 17.0. The number of nitrogens with zero attached hydrogens (tertiary/aromatic N) is 2. The molecule has 6 nitrogen and oxygen atoms in total. The molecular weight excluding hydrogens is 388 g/mol. The van der Waals surface area contributed by atoms with E-state index in [4.69, 9.17) is 19.2 Å². The molecule has 0 unspecified atom stereocenters. The number of carbonyl (C=O) groups is 1. The normalized spacial score (nSPS) is 15.3. The largest absolute Gasteiger partial charge is 0.497 e. The summed E-state index contributed by atoms with van der Waals surface area (Å²) in [5.74, 6) is 3.18. The average Bonchev–Trinajstić information content (AvgIpc) is 2.78. The van der Waals surface area contributed by atoms with Crippen LogP contribution in [0.4, 0.5) is 5.69 Å². The van der Waals surface area contributed by atoms with Crippen molar-refractivity contribution in [3.8, 4) is 17.2 Å². The van der Waals surface area contributed by atoms with E-state index in [2.05, 4.69) is 0 Å². The third kappa shape index (κ3) is 5.44. The predicted molar refractivity (Wildman–Crippen MR) is 117 cm³/mol. The molecule has 0 N–H and O–H groups in total.